The topological polar surface area (TPSA) is 72.3 Å². The fraction of sp³-hybridized carbons (Fsp3) is 0.318. The van der Waals surface area contributed by atoms with Crippen LogP contribution in [0.25, 0.3) is 11.1 Å². The molecular weight excluding hydrogens is 366 g/mol. The number of ether oxygens (including phenoxy) is 1. The van der Waals surface area contributed by atoms with Crippen LogP contribution in [0.15, 0.2) is 42.7 Å². The molecule has 1 N–H and O–H groups in total. The van der Waals surface area contributed by atoms with Crippen LogP contribution in [0.2, 0.25) is 0 Å². The van der Waals surface area contributed by atoms with E-state index in [-0.39, 0.29) is 5.91 Å². The van der Waals surface area contributed by atoms with Crippen molar-refractivity contribution in [2.24, 2.45) is 0 Å². The Bertz CT molecular complexity index is 993. The fourth-order valence-electron chi connectivity index (χ4n) is 3.13. The van der Waals surface area contributed by atoms with Gasteiger partial charge in [-0.15, -0.1) is 0 Å². The zero-order chi connectivity index (χ0) is 21.0. The molecule has 0 bridgehead atoms. The van der Waals surface area contributed by atoms with Gasteiger partial charge in [0.25, 0.3) is 5.91 Å². The Morgan fingerprint density at radius 1 is 1.14 bits per heavy atom. The summed E-state index contributed by atoms with van der Waals surface area (Å²) in [5.74, 6) is -0.207. The lowest BCUT2D eigenvalue weighted by atomic mass is 10.1. The number of benzene rings is 1. The predicted molar refractivity (Wildman–Crippen MR) is 116 cm³/mol. The molecule has 0 unspecified atom stereocenters. The standard InChI is InChI=1S/C22H27N5O2/c1-15-21(16(2)27(25-15)10-11-29-5)24-22(28)19-12-18(13-23-14-19)17-6-8-20(9-7-17)26(3)4/h6-9,12-14H,10-11H2,1-5H3,(H,24,28). The molecule has 0 fully saturated rings. The lowest BCUT2D eigenvalue weighted by molar-refractivity contribution is 0.102. The van der Waals surface area contributed by atoms with Gasteiger partial charge in [-0.2, -0.15) is 5.10 Å². The van der Waals surface area contributed by atoms with Crippen LogP contribution in [0, 0.1) is 13.8 Å². The number of methoxy groups -OCH3 is 1. The van der Waals surface area contributed by atoms with Crippen LogP contribution in [0.5, 0.6) is 0 Å². The van der Waals surface area contributed by atoms with E-state index >= 15 is 0 Å². The van der Waals surface area contributed by atoms with E-state index in [1.165, 1.54) is 0 Å². The highest BCUT2D eigenvalue weighted by atomic mass is 16.5. The van der Waals surface area contributed by atoms with E-state index in [0.717, 1.165) is 33.9 Å². The summed E-state index contributed by atoms with van der Waals surface area (Å²) >= 11 is 0. The molecule has 7 nitrogen and oxygen atoms in total. The number of carbonyl (C=O) groups excluding carboxylic acids is 1. The van der Waals surface area contributed by atoms with E-state index in [2.05, 4.69) is 15.4 Å². The maximum atomic E-state index is 12.8. The minimum absolute atomic E-state index is 0.207. The maximum absolute atomic E-state index is 12.8. The summed E-state index contributed by atoms with van der Waals surface area (Å²) in [6.45, 7) is 5.02. The van der Waals surface area contributed by atoms with Crippen molar-refractivity contribution in [2.75, 3.05) is 38.0 Å². The molecule has 0 aliphatic heterocycles. The number of pyridine rings is 1. The molecule has 7 heteroatoms. The van der Waals surface area contributed by atoms with Gasteiger partial charge in [-0.25, -0.2) is 0 Å². The van der Waals surface area contributed by atoms with Crippen LogP contribution in [0.3, 0.4) is 0 Å². The van der Waals surface area contributed by atoms with Gasteiger partial charge in [-0.3, -0.25) is 14.5 Å². The largest absolute Gasteiger partial charge is 0.383 e. The molecule has 0 saturated carbocycles. The second kappa shape index (κ2) is 8.87. The van der Waals surface area contributed by atoms with E-state index in [1.54, 1.807) is 19.5 Å². The zero-order valence-corrected chi connectivity index (χ0v) is 17.6. The summed E-state index contributed by atoms with van der Waals surface area (Å²) in [5.41, 5.74) is 5.93. The Balaban J connectivity index is 1.80. The summed E-state index contributed by atoms with van der Waals surface area (Å²) in [6.07, 6.45) is 3.34. The highest BCUT2D eigenvalue weighted by molar-refractivity contribution is 6.05. The van der Waals surface area contributed by atoms with E-state index in [0.29, 0.717) is 18.7 Å². The first kappa shape index (κ1) is 20.5. The molecule has 2 aromatic heterocycles. The van der Waals surface area contributed by atoms with Gasteiger partial charge in [-0.1, -0.05) is 12.1 Å². The third kappa shape index (κ3) is 4.63. The van der Waals surface area contributed by atoms with Crippen LogP contribution in [0.1, 0.15) is 21.7 Å². The van der Waals surface area contributed by atoms with E-state index in [4.69, 9.17) is 4.74 Å². The normalized spacial score (nSPS) is 10.8. The van der Waals surface area contributed by atoms with Crippen molar-refractivity contribution in [1.29, 1.82) is 0 Å². The Labute approximate surface area is 171 Å². The van der Waals surface area contributed by atoms with Crippen molar-refractivity contribution in [3.05, 3.63) is 59.7 Å². The molecule has 0 aliphatic rings. The molecular formula is C22H27N5O2. The zero-order valence-electron chi connectivity index (χ0n) is 17.6. The first-order valence-electron chi connectivity index (χ1n) is 9.47. The summed E-state index contributed by atoms with van der Waals surface area (Å²) in [4.78, 5) is 19.2. The van der Waals surface area contributed by atoms with Crippen LogP contribution in [-0.4, -0.2) is 48.5 Å². The number of nitrogens with zero attached hydrogens (tertiary/aromatic N) is 4. The Morgan fingerprint density at radius 2 is 1.86 bits per heavy atom. The molecule has 29 heavy (non-hydrogen) atoms. The average molecular weight is 393 g/mol. The van der Waals surface area contributed by atoms with Gasteiger partial charge >= 0.3 is 0 Å². The third-order valence-corrected chi connectivity index (χ3v) is 4.84. The first-order valence-corrected chi connectivity index (χ1v) is 9.47. The molecule has 1 amide bonds. The van der Waals surface area contributed by atoms with Crippen LogP contribution in [-0.2, 0) is 11.3 Å². The third-order valence-electron chi connectivity index (χ3n) is 4.84. The quantitative estimate of drug-likeness (QED) is 0.665. The van der Waals surface area contributed by atoms with Gasteiger partial charge in [0, 0.05) is 44.8 Å². The number of hydrogen-bond donors (Lipinski definition) is 1. The lowest BCUT2D eigenvalue weighted by Crippen LogP contribution is -2.14. The molecule has 0 saturated heterocycles. The Morgan fingerprint density at radius 3 is 2.52 bits per heavy atom. The molecule has 0 radical (unpaired) electrons. The number of hydrogen-bond acceptors (Lipinski definition) is 5. The number of amides is 1. The second-order valence-corrected chi connectivity index (χ2v) is 7.12. The van der Waals surface area contributed by atoms with Crippen molar-refractivity contribution in [1.82, 2.24) is 14.8 Å². The summed E-state index contributed by atoms with van der Waals surface area (Å²) < 4.78 is 6.96. The molecule has 0 aliphatic carbocycles. The fourth-order valence-corrected chi connectivity index (χ4v) is 3.13. The van der Waals surface area contributed by atoms with Crippen LogP contribution < -0.4 is 10.2 Å². The number of aryl methyl sites for hydroxylation is 1. The number of aromatic nitrogens is 3. The van der Waals surface area contributed by atoms with Gasteiger partial charge in [0.15, 0.2) is 0 Å². The number of anilines is 2. The summed E-state index contributed by atoms with van der Waals surface area (Å²) in [5, 5.41) is 7.47. The minimum atomic E-state index is -0.207. The molecule has 3 rings (SSSR count). The number of rotatable bonds is 7. The highest BCUT2D eigenvalue weighted by Gasteiger charge is 2.16. The van der Waals surface area contributed by atoms with Crippen LogP contribution >= 0.6 is 0 Å². The number of nitrogens with one attached hydrogen (secondary N) is 1. The lowest BCUT2D eigenvalue weighted by Gasteiger charge is -2.13. The molecule has 0 atom stereocenters. The SMILES string of the molecule is COCCn1nc(C)c(NC(=O)c2cncc(-c3ccc(N(C)C)cc3)c2)c1C. The van der Waals surface area contributed by atoms with Crippen molar-refractivity contribution < 1.29 is 9.53 Å². The van der Waals surface area contributed by atoms with E-state index in [9.17, 15) is 4.79 Å². The molecule has 152 valence electrons. The monoisotopic (exact) mass is 393 g/mol. The molecule has 2 heterocycles. The Kier molecular flexibility index (Phi) is 6.29. The van der Waals surface area contributed by atoms with E-state index in [1.807, 2.05) is 67.9 Å². The van der Waals surface area contributed by atoms with Crippen molar-refractivity contribution >= 4 is 17.3 Å². The van der Waals surface area contributed by atoms with Gasteiger partial charge in [0.05, 0.1) is 35.8 Å². The minimum Gasteiger partial charge on any atom is -0.383 e. The summed E-state index contributed by atoms with van der Waals surface area (Å²) in [6, 6.07) is 10.0. The van der Waals surface area contributed by atoms with E-state index < -0.39 is 0 Å². The van der Waals surface area contributed by atoms with Gasteiger partial charge in [0.2, 0.25) is 0 Å². The van der Waals surface area contributed by atoms with Gasteiger partial charge in [0.1, 0.15) is 0 Å². The first-order chi connectivity index (χ1) is 13.9. The molecule has 1 aromatic carbocycles. The Hall–Kier alpha value is -3.19. The van der Waals surface area contributed by atoms with Crippen molar-refractivity contribution in [3.8, 4) is 11.1 Å². The highest BCUT2D eigenvalue weighted by Crippen LogP contribution is 2.24. The smallest absolute Gasteiger partial charge is 0.257 e. The van der Waals surface area contributed by atoms with Crippen LogP contribution in [0.4, 0.5) is 11.4 Å². The predicted octanol–water partition coefficient (Wildman–Crippen LogP) is 3.53. The average Bonchev–Trinajstić information content (AvgIpc) is 2.99. The maximum Gasteiger partial charge on any atom is 0.257 e. The van der Waals surface area contributed by atoms with Gasteiger partial charge in [-0.05, 0) is 37.6 Å². The molecule has 0 spiro atoms. The van der Waals surface area contributed by atoms with Crippen molar-refractivity contribution in [3.63, 3.8) is 0 Å². The summed E-state index contributed by atoms with van der Waals surface area (Å²) in [7, 11) is 5.66. The van der Waals surface area contributed by atoms with Gasteiger partial charge < -0.3 is 15.0 Å². The molecule has 3 aromatic rings. The number of carbonyl (C=O) groups is 1. The van der Waals surface area contributed by atoms with Crippen molar-refractivity contribution in [2.45, 2.75) is 20.4 Å². The second-order valence-electron chi connectivity index (χ2n) is 7.12.